The van der Waals surface area contributed by atoms with E-state index >= 15 is 0 Å². The summed E-state index contributed by atoms with van der Waals surface area (Å²) in [5, 5.41) is 2.89. The maximum atomic E-state index is 11.8. The minimum absolute atomic E-state index is 0.0572. The molecule has 1 atom stereocenters. The molecule has 1 aliphatic heterocycles. The Kier molecular flexibility index (Phi) is 5.52. The van der Waals surface area contributed by atoms with E-state index < -0.39 is 9.84 Å². The zero-order chi connectivity index (χ0) is 15.3. The van der Waals surface area contributed by atoms with Gasteiger partial charge in [-0.15, -0.1) is 11.8 Å². The molecule has 2 rings (SSSR count). The molecule has 0 spiro atoms. The summed E-state index contributed by atoms with van der Waals surface area (Å²) in [6.45, 7) is 0.465. The van der Waals surface area contributed by atoms with Crippen molar-refractivity contribution >= 4 is 27.5 Å². The van der Waals surface area contributed by atoms with Crippen LogP contribution in [0.15, 0.2) is 24.3 Å². The average molecular weight is 329 g/mol. The number of amides is 1. The van der Waals surface area contributed by atoms with E-state index in [0.717, 1.165) is 11.3 Å². The van der Waals surface area contributed by atoms with Gasteiger partial charge in [0.15, 0.2) is 9.84 Å². The highest BCUT2D eigenvalue weighted by molar-refractivity contribution is 8.02. The summed E-state index contributed by atoms with van der Waals surface area (Å²) in [5.41, 5.74) is 0.998. The van der Waals surface area contributed by atoms with Crippen molar-refractivity contribution in [2.45, 2.75) is 18.2 Å². The third-order valence-electron chi connectivity index (χ3n) is 3.29. The van der Waals surface area contributed by atoms with E-state index in [0.29, 0.717) is 18.7 Å². The van der Waals surface area contributed by atoms with E-state index in [4.69, 9.17) is 4.74 Å². The predicted molar refractivity (Wildman–Crippen MR) is 84.4 cm³/mol. The first kappa shape index (κ1) is 16.2. The molecule has 0 aromatic heterocycles. The molecule has 1 aliphatic rings. The van der Waals surface area contributed by atoms with Crippen LogP contribution < -0.4 is 10.1 Å². The summed E-state index contributed by atoms with van der Waals surface area (Å²) in [6, 6.07) is 7.49. The Bertz CT molecular complexity index is 583. The zero-order valence-corrected chi connectivity index (χ0v) is 13.5. The van der Waals surface area contributed by atoms with Gasteiger partial charge in [-0.2, -0.15) is 0 Å². The van der Waals surface area contributed by atoms with E-state index in [1.54, 1.807) is 7.11 Å². The van der Waals surface area contributed by atoms with Gasteiger partial charge in [0.2, 0.25) is 5.91 Å². The first-order chi connectivity index (χ1) is 9.98. The molecule has 0 bridgehead atoms. The quantitative estimate of drug-likeness (QED) is 0.850. The van der Waals surface area contributed by atoms with E-state index in [1.807, 2.05) is 24.3 Å². The van der Waals surface area contributed by atoms with Gasteiger partial charge in [0, 0.05) is 11.8 Å². The van der Waals surface area contributed by atoms with Crippen molar-refractivity contribution in [2.75, 3.05) is 24.4 Å². The van der Waals surface area contributed by atoms with Gasteiger partial charge < -0.3 is 10.1 Å². The van der Waals surface area contributed by atoms with Crippen LogP contribution in [0.5, 0.6) is 5.75 Å². The third kappa shape index (κ3) is 5.24. The monoisotopic (exact) mass is 329 g/mol. The highest BCUT2D eigenvalue weighted by atomic mass is 32.2. The highest BCUT2D eigenvalue weighted by Crippen LogP contribution is 2.23. The van der Waals surface area contributed by atoms with Crippen molar-refractivity contribution in [1.29, 1.82) is 0 Å². The van der Waals surface area contributed by atoms with Crippen LogP contribution in [-0.4, -0.2) is 43.9 Å². The van der Waals surface area contributed by atoms with Crippen molar-refractivity contribution in [2.24, 2.45) is 0 Å². The number of hydrogen-bond acceptors (Lipinski definition) is 5. The summed E-state index contributed by atoms with van der Waals surface area (Å²) in [5.74, 6) is 1.46. The van der Waals surface area contributed by atoms with Crippen molar-refractivity contribution in [3.63, 3.8) is 0 Å². The van der Waals surface area contributed by atoms with Crippen LogP contribution in [0.25, 0.3) is 0 Å². The Hall–Kier alpha value is -1.21. The molecule has 0 aliphatic carbocycles. The zero-order valence-electron chi connectivity index (χ0n) is 11.9. The summed E-state index contributed by atoms with van der Waals surface area (Å²) in [7, 11) is -1.26. The lowest BCUT2D eigenvalue weighted by Crippen LogP contribution is -2.25. The van der Waals surface area contributed by atoms with Crippen LogP contribution in [0.3, 0.4) is 0 Å². The van der Waals surface area contributed by atoms with Crippen LogP contribution >= 0.6 is 11.8 Å². The minimum Gasteiger partial charge on any atom is -0.497 e. The Morgan fingerprint density at radius 2 is 2.10 bits per heavy atom. The van der Waals surface area contributed by atoms with Crippen molar-refractivity contribution < 1.29 is 17.9 Å². The topological polar surface area (TPSA) is 72.5 Å². The van der Waals surface area contributed by atoms with E-state index in [1.165, 1.54) is 11.8 Å². The SMILES string of the molecule is COc1ccc(CNC(=O)CS[C@H]2CCS(=O)(=O)C2)cc1. The number of carbonyl (C=O) groups is 1. The Morgan fingerprint density at radius 3 is 2.67 bits per heavy atom. The van der Waals surface area contributed by atoms with Crippen LogP contribution in [0.1, 0.15) is 12.0 Å². The predicted octanol–water partition coefficient (Wildman–Crippen LogP) is 1.23. The molecule has 7 heteroatoms. The molecule has 1 aromatic carbocycles. The largest absolute Gasteiger partial charge is 0.497 e. The smallest absolute Gasteiger partial charge is 0.230 e. The van der Waals surface area contributed by atoms with Gasteiger partial charge in [0.05, 0.1) is 24.4 Å². The van der Waals surface area contributed by atoms with E-state index in [-0.39, 0.29) is 22.7 Å². The molecule has 5 nitrogen and oxygen atoms in total. The molecule has 1 heterocycles. The molecule has 21 heavy (non-hydrogen) atoms. The molecule has 0 radical (unpaired) electrons. The van der Waals surface area contributed by atoms with Gasteiger partial charge in [0.25, 0.3) is 0 Å². The van der Waals surface area contributed by atoms with E-state index in [2.05, 4.69) is 5.32 Å². The Balaban J connectivity index is 1.70. The summed E-state index contributed by atoms with van der Waals surface area (Å²) < 4.78 is 27.7. The standard InChI is InChI=1S/C14H19NO4S2/c1-19-12-4-2-11(3-5-12)8-15-14(16)9-20-13-6-7-21(17,18)10-13/h2-5,13H,6-10H2,1H3,(H,15,16)/t13-/m0/s1. The van der Waals surface area contributed by atoms with Crippen molar-refractivity contribution in [3.05, 3.63) is 29.8 Å². The van der Waals surface area contributed by atoms with Crippen LogP contribution in [0.4, 0.5) is 0 Å². The van der Waals surface area contributed by atoms with Gasteiger partial charge in [0.1, 0.15) is 5.75 Å². The van der Waals surface area contributed by atoms with Crippen LogP contribution in [0.2, 0.25) is 0 Å². The van der Waals surface area contributed by atoms with Crippen LogP contribution in [-0.2, 0) is 21.2 Å². The number of hydrogen-bond donors (Lipinski definition) is 1. The second-order valence-electron chi connectivity index (χ2n) is 4.96. The number of rotatable bonds is 6. The maximum Gasteiger partial charge on any atom is 0.230 e. The van der Waals surface area contributed by atoms with Gasteiger partial charge in [-0.25, -0.2) is 8.42 Å². The molecule has 0 unspecified atom stereocenters. The normalized spacial score (nSPS) is 20.1. The van der Waals surface area contributed by atoms with Gasteiger partial charge >= 0.3 is 0 Å². The summed E-state index contributed by atoms with van der Waals surface area (Å²) in [6.07, 6.45) is 0.652. The van der Waals surface area contributed by atoms with Gasteiger partial charge in [-0.1, -0.05) is 12.1 Å². The molecule has 1 fully saturated rings. The Morgan fingerprint density at radius 1 is 1.38 bits per heavy atom. The molecule has 1 aromatic rings. The second-order valence-corrected chi connectivity index (χ2v) is 8.48. The summed E-state index contributed by atoms with van der Waals surface area (Å²) in [4.78, 5) is 11.8. The fourth-order valence-corrected chi connectivity index (χ4v) is 5.55. The molecule has 116 valence electrons. The first-order valence-corrected chi connectivity index (χ1v) is 9.57. The number of carbonyl (C=O) groups excluding carboxylic acids is 1. The third-order valence-corrected chi connectivity index (χ3v) is 6.57. The number of benzene rings is 1. The number of sulfone groups is 1. The van der Waals surface area contributed by atoms with E-state index in [9.17, 15) is 13.2 Å². The van der Waals surface area contributed by atoms with Crippen molar-refractivity contribution in [3.8, 4) is 5.75 Å². The van der Waals surface area contributed by atoms with Crippen LogP contribution in [0, 0.1) is 0 Å². The summed E-state index contributed by atoms with van der Waals surface area (Å²) >= 11 is 1.42. The van der Waals surface area contributed by atoms with Gasteiger partial charge in [-0.3, -0.25) is 4.79 Å². The number of ether oxygens (including phenoxy) is 1. The minimum atomic E-state index is -2.87. The fraction of sp³-hybridized carbons (Fsp3) is 0.500. The molecule has 1 saturated heterocycles. The molecular weight excluding hydrogens is 310 g/mol. The highest BCUT2D eigenvalue weighted by Gasteiger charge is 2.28. The molecule has 0 saturated carbocycles. The first-order valence-electron chi connectivity index (χ1n) is 6.70. The number of nitrogens with one attached hydrogen (secondary N) is 1. The molecule has 1 N–H and O–H groups in total. The molecular formula is C14H19NO4S2. The second kappa shape index (κ2) is 7.17. The fourth-order valence-electron chi connectivity index (χ4n) is 2.08. The number of methoxy groups -OCH3 is 1. The number of thioether (sulfide) groups is 1. The average Bonchev–Trinajstić information content (AvgIpc) is 2.83. The Labute approximate surface area is 129 Å². The lowest BCUT2D eigenvalue weighted by Gasteiger charge is -2.09. The maximum absolute atomic E-state index is 11.8. The van der Waals surface area contributed by atoms with Gasteiger partial charge in [-0.05, 0) is 24.1 Å². The lowest BCUT2D eigenvalue weighted by molar-refractivity contribution is -0.118. The lowest BCUT2D eigenvalue weighted by atomic mass is 10.2. The molecule has 1 amide bonds. The van der Waals surface area contributed by atoms with Crippen molar-refractivity contribution in [1.82, 2.24) is 5.32 Å².